The van der Waals surface area contributed by atoms with E-state index in [0.717, 1.165) is 68.0 Å². The zero-order chi connectivity index (χ0) is 20.8. The van der Waals surface area contributed by atoms with Gasteiger partial charge in [0.15, 0.2) is 0 Å². The lowest BCUT2D eigenvalue weighted by Crippen LogP contribution is -2.53. The van der Waals surface area contributed by atoms with Crippen molar-refractivity contribution in [2.45, 2.75) is 19.0 Å². The molecule has 30 heavy (non-hydrogen) atoms. The Kier molecular flexibility index (Phi) is 7.04. The Morgan fingerprint density at radius 3 is 2.67 bits per heavy atom. The Hall–Kier alpha value is -2.35. The minimum atomic E-state index is -0.137. The summed E-state index contributed by atoms with van der Waals surface area (Å²) in [5, 5.41) is 8.31. The van der Waals surface area contributed by atoms with Crippen LogP contribution in [-0.4, -0.2) is 70.1 Å². The van der Waals surface area contributed by atoms with Crippen LogP contribution >= 0.6 is 0 Å². The van der Waals surface area contributed by atoms with E-state index in [2.05, 4.69) is 27.7 Å². The molecule has 2 amide bonds. The molecule has 0 spiro atoms. The van der Waals surface area contributed by atoms with E-state index in [9.17, 15) is 4.79 Å². The average Bonchev–Trinajstić information content (AvgIpc) is 3.32. The molecule has 0 bridgehead atoms. The number of carbonyl (C=O) groups is 1. The molecular formula is C23H31N3O4. The van der Waals surface area contributed by atoms with E-state index in [4.69, 9.17) is 14.2 Å². The number of hydrogen-bond acceptors (Lipinski definition) is 5. The number of rotatable bonds is 7. The van der Waals surface area contributed by atoms with Gasteiger partial charge in [0, 0.05) is 44.7 Å². The lowest BCUT2D eigenvalue weighted by atomic mass is 9.97. The number of urea groups is 1. The van der Waals surface area contributed by atoms with Crippen LogP contribution in [0.4, 0.5) is 4.79 Å². The molecule has 2 heterocycles. The monoisotopic (exact) mass is 413 g/mol. The number of methoxy groups -OCH3 is 1. The molecule has 4 rings (SSSR count). The lowest BCUT2D eigenvalue weighted by molar-refractivity contribution is 0.00212. The molecule has 162 valence electrons. The highest BCUT2D eigenvalue weighted by Gasteiger charge is 2.31. The van der Waals surface area contributed by atoms with Crippen LogP contribution in [0.25, 0.3) is 10.8 Å². The van der Waals surface area contributed by atoms with Gasteiger partial charge < -0.3 is 24.8 Å². The summed E-state index contributed by atoms with van der Waals surface area (Å²) in [5.74, 6) is 1.30. The van der Waals surface area contributed by atoms with E-state index >= 15 is 0 Å². The van der Waals surface area contributed by atoms with Gasteiger partial charge in [0.25, 0.3) is 0 Å². The molecule has 0 aromatic heterocycles. The first-order chi connectivity index (χ1) is 14.7. The van der Waals surface area contributed by atoms with E-state index in [-0.39, 0.29) is 12.1 Å². The van der Waals surface area contributed by atoms with Crippen LogP contribution in [0, 0.1) is 5.92 Å². The van der Waals surface area contributed by atoms with Crippen molar-refractivity contribution in [2.24, 2.45) is 5.92 Å². The number of fused-ring (bicyclic) bond motifs is 1. The number of carbonyl (C=O) groups excluding carboxylic acids is 1. The van der Waals surface area contributed by atoms with Gasteiger partial charge in [-0.05, 0) is 41.0 Å². The van der Waals surface area contributed by atoms with Crippen molar-refractivity contribution >= 4 is 16.8 Å². The number of nitrogens with one attached hydrogen (secondary N) is 2. The molecule has 2 fully saturated rings. The van der Waals surface area contributed by atoms with Gasteiger partial charge in [0.1, 0.15) is 5.75 Å². The van der Waals surface area contributed by atoms with Crippen LogP contribution in [0.2, 0.25) is 0 Å². The summed E-state index contributed by atoms with van der Waals surface area (Å²) in [7, 11) is 1.67. The quantitative estimate of drug-likeness (QED) is 0.729. The average molecular weight is 414 g/mol. The molecule has 2 aromatic carbocycles. The van der Waals surface area contributed by atoms with E-state index < -0.39 is 0 Å². The van der Waals surface area contributed by atoms with Crippen LogP contribution in [0.3, 0.4) is 0 Å². The molecule has 0 aliphatic carbocycles. The van der Waals surface area contributed by atoms with Gasteiger partial charge in [-0.3, -0.25) is 4.90 Å². The summed E-state index contributed by atoms with van der Waals surface area (Å²) in [5.41, 5.74) is 1.07. The summed E-state index contributed by atoms with van der Waals surface area (Å²) >= 11 is 0. The zero-order valence-corrected chi connectivity index (χ0v) is 17.6. The standard InChI is InChI=1S/C23H31N3O4/c1-28-21-5-4-18-12-17(2-3-19(18)13-21)14-24-23(27)25-15-22(20-6-9-30-16-20)26-7-10-29-11-8-26/h2-5,12-13,20,22H,6-11,14-16H2,1H3,(H2,24,25,27)/t20-,22+/m1/s1. The van der Waals surface area contributed by atoms with E-state index in [1.54, 1.807) is 7.11 Å². The highest BCUT2D eigenvalue weighted by atomic mass is 16.5. The number of amides is 2. The number of nitrogens with zero attached hydrogens (tertiary/aromatic N) is 1. The minimum absolute atomic E-state index is 0.137. The molecule has 7 nitrogen and oxygen atoms in total. The number of hydrogen-bond donors (Lipinski definition) is 2. The summed E-state index contributed by atoms with van der Waals surface area (Å²) in [6, 6.07) is 12.3. The molecule has 0 saturated carbocycles. The molecule has 2 aromatic rings. The van der Waals surface area contributed by atoms with Gasteiger partial charge in [-0.15, -0.1) is 0 Å². The summed E-state index contributed by atoms with van der Waals surface area (Å²) in [6.07, 6.45) is 1.05. The molecule has 2 atom stereocenters. The fraction of sp³-hybridized carbons (Fsp3) is 0.522. The van der Waals surface area contributed by atoms with E-state index in [1.165, 1.54) is 0 Å². The third-order valence-corrected chi connectivity index (χ3v) is 6.06. The smallest absolute Gasteiger partial charge is 0.315 e. The second-order valence-corrected chi connectivity index (χ2v) is 7.95. The largest absolute Gasteiger partial charge is 0.497 e. The highest BCUT2D eigenvalue weighted by Crippen LogP contribution is 2.23. The summed E-state index contributed by atoms with van der Waals surface area (Å²) in [4.78, 5) is 14.9. The van der Waals surface area contributed by atoms with Gasteiger partial charge in [0.2, 0.25) is 0 Å². The third kappa shape index (κ3) is 5.22. The minimum Gasteiger partial charge on any atom is -0.497 e. The predicted octanol–water partition coefficient (Wildman–Crippen LogP) is 2.38. The Bertz CT molecular complexity index is 847. The molecule has 7 heteroatoms. The molecular weight excluding hydrogens is 382 g/mol. The van der Waals surface area contributed by atoms with Crippen molar-refractivity contribution in [3.8, 4) is 5.75 Å². The number of benzene rings is 2. The van der Waals surface area contributed by atoms with Gasteiger partial charge >= 0.3 is 6.03 Å². The molecule has 2 aliphatic rings. The third-order valence-electron chi connectivity index (χ3n) is 6.06. The fourth-order valence-corrected chi connectivity index (χ4v) is 4.31. The predicted molar refractivity (Wildman–Crippen MR) is 116 cm³/mol. The first kappa shape index (κ1) is 20.9. The van der Waals surface area contributed by atoms with Crippen molar-refractivity contribution in [2.75, 3.05) is 53.2 Å². The van der Waals surface area contributed by atoms with Gasteiger partial charge in [-0.1, -0.05) is 18.2 Å². The van der Waals surface area contributed by atoms with E-state index in [0.29, 0.717) is 19.0 Å². The molecule has 2 aliphatic heterocycles. The maximum absolute atomic E-state index is 12.5. The van der Waals surface area contributed by atoms with E-state index in [1.807, 2.05) is 24.3 Å². The lowest BCUT2D eigenvalue weighted by Gasteiger charge is -2.37. The first-order valence-corrected chi connectivity index (χ1v) is 10.7. The topological polar surface area (TPSA) is 72.1 Å². The van der Waals surface area contributed by atoms with Crippen molar-refractivity contribution < 1.29 is 19.0 Å². The molecule has 0 radical (unpaired) electrons. The second-order valence-electron chi connectivity index (χ2n) is 7.95. The maximum Gasteiger partial charge on any atom is 0.315 e. The fourth-order valence-electron chi connectivity index (χ4n) is 4.31. The van der Waals surface area contributed by atoms with Crippen molar-refractivity contribution in [3.05, 3.63) is 42.0 Å². The van der Waals surface area contributed by atoms with Gasteiger partial charge in [-0.2, -0.15) is 0 Å². The van der Waals surface area contributed by atoms with Crippen molar-refractivity contribution in [1.82, 2.24) is 15.5 Å². The second kappa shape index (κ2) is 10.1. The molecule has 2 N–H and O–H groups in total. The Morgan fingerprint density at radius 2 is 1.90 bits per heavy atom. The maximum atomic E-state index is 12.5. The van der Waals surface area contributed by atoms with Gasteiger partial charge in [0.05, 0.1) is 26.9 Å². The normalized spacial score (nSPS) is 20.8. The van der Waals surface area contributed by atoms with Gasteiger partial charge in [-0.25, -0.2) is 4.79 Å². The first-order valence-electron chi connectivity index (χ1n) is 10.7. The van der Waals surface area contributed by atoms with Crippen LogP contribution < -0.4 is 15.4 Å². The molecule has 2 saturated heterocycles. The summed E-state index contributed by atoms with van der Waals surface area (Å²) in [6.45, 7) is 6.02. The Morgan fingerprint density at radius 1 is 1.10 bits per heavy atom. The van der Waals surface area contributed by atoms with Crippen molar-refractivity contribution in [1.29, 1.82) is 0 Å². The van der Waals surface area contributed by atoms with Crippen LogP contribution in [0.1, 0.15) is 12.0 Å². The zero-order valence-electron chi connectivity index (χ0n) is 17.6. The Labute approximate surface area is 177 Å². The number of morpholine rings is 1. The number of ether oxygens (including phenoxy) is 3. The molecule has 0 unspecified atom stereocenters. The SMILES string of the molecule is COc1ccc2cc(CNC(=O)NC[C@@H]([C@@H]3CCOC3)N3CCOCC3)ccc2c1. The van der Waals surface area contributed by atoms with Crippen molar-refractivity contribution in [3.63, 3.8) is 0 Å². The summed E-state index contributed by atoms with van der Waals surface area (Å²) < 4.78 is 16.4. The Balaban J connectivity index is 1.30. The highest BCUT2D eigenvalue weighted by molar-refractivity contribution is 5.84. The van der Waals surface area contributed by atoms with Crippen LogP contribution in [-0.2, 0) is 16.0 Å². The van der Waals surface area contributed by atoms with Crippen LogP contribution in [0.15, 0.2) is 36.4 Å². The van der Waals surface area contributed by atoms with Crippen LogP contribution in [0.5, 0.6) is 5.75 Å².